The van der Waals surface area contributed by atoms with Gasteiger partial charge in [-0.3, -0.25) is 0 Å². The zero-order valence-electron chi connectivity index (χ0n) is 10.2. The molecule has 7 heteroatoms. The maximum atomic E-state index is 11.0. The quantitative estimate of drug-likeness (QED) is 0.704. The number of aromatic nitrogens is 3. The molecule has 0 aliphatic rings. The van der Waals surface area contributed by atoms with Crippen molar-refractivity contribution in [3.8, 4) is 0 Å². The maximum absolute atomic E-state index is 11.0. The normalized spacial score (nSPS) is 10.4. The summed E-state index contributed by atoms with van der Waals surface area (Å²) in [7, 11) is 0. The fraction of sp³-hybridized carbons (Fsp3) is 0.250. The van der Waals surface area contributed by atoms with Gasteiger partial charge in [-0.05, 0) is 12.1 Å². The third-order valence-corrected chi connectivity index (χ3v) is 2.53. The smallest absolute Gasteiger partial charge is 0.337 e. The van der Waals surface area contributed by atoms with Crippen LogP contribution in [-0.2, 0) is 13.1 Å². The van der Waals surface area contributed by atoms with E-state index in [1.807, 2.05) is 0 Å². The lowest BCUT2D eigenvalue weighted by Gasteiger charge is -2.07. The molecule has 0 saturated heterocycles. The van der Waals surface area contributed by atoms with E-state index >= 15 is 0 Å². The van der Waals surface area contributed by atoms with Gasteiger partial charge in [0.1, 0.15) is 5.69 Å². The van der Waals surface area contributed by atoms with E-state index in [9.17, 15) is 4.79 Å². The third kappa shape index (κ3) is 3.29. The van der Waals surface area contributed by atoms with E-state index < -0.39 is 5.97 Å². The van der Waals surface area contributed by atoms with Crippen LogP contribution in [0, 0.1) is 0 Å². The number of hydrogen-bond donors (Lipinski definition) is 3. The Hall–Kier alpha value is -2.41. The van der Waals surface area contributed by atoms with Crippen molar-refractivity contribution in [3.05, 3.63) is 41.7 Å². The van der Waals surface area contributed by atoms with Crippen LogP contribution >= 0.6 is 0 Å². The largest absolute Gasteiger partial charge is 0.478 e. The van der Waals surface area contributed by atoms with Crippen molar-refractivity contribution < 1.29 is 15.0 Å². The minimum absolute atomic E-state index is 0.00191. The molecule has 0 unspecified atom stereocenters. The molecule has 0 atom stereocenters. The molecular formula is C12H14N4O3. The number of carboxylic acids is 1. The molecule has 0 saturated carbocycles. The summed E-state index contributed by atoms with van der Waals surface area (Å²) in [6.45, 7) is 0.756. The Morgan fingerprint density at radius 1 is 1.37 bits per heavy atom. The minimum atomic E-state index is -0.980. The first kappa shape index (κ1) is 13.0. The Balaban J connectivity index is 2.03. The van der Waals surface area contributed by atoms with Crippen molar-refractivity contribution in [1.82, 2.24) is 15.0 Å². The third-order valence-electron chi connectivity index (χ3n) is 2.53. The molecule has 7 nitrogen and oxygen atoms in total. The lowest BCUT2D eigenvalue weighted by atomic mass is 10.2. The molecule has 0 bridgehead atoms. The van der Waals surface area contributed by atoms with Crippen molar-refractivity contribution in [2.45, 2.75) is 13.1 Å². The van der Waals surface area contributed by atoms with E-state index in [1.54, 1.807) is 24.4 Å². The average molecular weight is 262 g/mol. The van der Waals surface area contributed by atoms with Gasteiger partial charge in [-0.1, -0.05) is 17.3 Å². The van der Waals surface area contributed by atoms with Gasteiger partial charge in [-0.2, -0.15) is 0 Å². The number of anilines is 1. The molecule has 1 aromatic heterocycles. The predicted molar refractivity (Wildman–Crippen MR) is 67.8 cm³/mol. The highest BCUT2D eigenvalue weighted by molar-refractivity contribution is 5.94. The van der Waals surface area contributed by atoms with Gasteiger partial charge < -0.3 is 15.5 Å². The molecule has 0 spiro atoms. The van der Waals surface area contributed by atoms with Crippen molar-refractivity contribution in [3.63, 3.8) is 0 Å². The minimum Gasteiger partial charge on any atom is -0.478 e. The van der Waals surface area contributed by atoms with E-state index in [4.69, 9.17) is 10.2 Å². The second-order valence-electron chi connectivity index (χ2n) is 3.90. The van der Waals surface area contributed by atoms with Gasteiger partial charge in [-0.25, -0.2) is 9.48 Å². The number of nitrogens with zero attached hydrogens (tertiary/aromatic N) is 3. The van der Waals surface area contributed by atoms with Crippen LogP contribution in [-0.4, -0.2) is 37.8 Å². The molecule has 1 heterocycles. The number of para-hydroxylation sites is 1. The van der Waals surface area contributed by atoms with Gasteiger partial charge in [0, 0.05) is 5.69 Å². The highest BCUT2D eigenvalue weighted by atomic mass is 16.4. The van der Waals surface area contributed by atoms with Crippen molar-refractivity contribution in [1.29, 1.82) is 0 Å². The highest BCUT2D eigenvalue weighted by Crippen LogP contribution is 2.15. The predicted octanol–water partition coefficient (Wildman–Crippen LogP) is 0.581. The van der Waals surface area contributed by atoms with Crippen LogP contribution in [0.2, 0.25) is 0 Å². The summed E-state index contributed by atoms with van der Waals surface area (Å²) in [6, 6.07) is 6.67. The van der Waals surface area contributed by atoms with E-state index in [2.05, 4.69) is 15.6 Å². The summed E-state index contributed by atoms with van der Waals surface area (Å²) in [4.78, 5) is 11.0. The molecule has 0 aliphatic carbocycles. The molecule has 3 N–H and O–H groups in total. The van der Waals surface area contributed by atoms with Crippen molar-refractivity contribution >= 4 is 11.7 Å². The molecule has 0 amide bonds. The van der Waals surface area contributed by atoms with Gasteiger partial charge in [-0.15, -0.1) is 5.10 Å². The van der Waals surface area contributed by atoms with E-state index in [0.29, 0.717) is 24.5 Å². The highest BCUT2D eigenvalue weighted by Gasteiger charge is 2.09. The second kappa shape index (κ2) is 5.96. The van der Waals surface area contributed by atoms with Crippen molar-refractivity contribution in [2.24, 2.45) is 0 Å². The molecule has 19 heavy (non-hydrogen) atoms. The Kier molecular flexibility index (Phi) is 4.09. The van der Waals surface area contributed by atoms with E-state index in [1.165, 1.54) is 10.7 Å². The van der Waals surface area contributed by atoms with Gasteiger partial charge in [0.05, 0.1) is 31.5 Å². The molecule has 2 aromatic rings. The molecule has 1 aromatic carbocycles. The first-order valence-corrected chi connectivity index (χ1v) is 5.77. The molecule has 0 aliphatic heterocycles. The monoisotopic (exact) mass is 262 g/mol. The van der Waals surface area contributed by atoms with Gasteiger partial charge >= 0.3 is 5.97 Å². The summed E-state index contributed by atoms with van der Waals surface area (Å²) in [5, 5.41) is 28.6. The van der Waals surface area contributed by atoms with Crippen LogP contribution in [0.25, 0.3) is 0 Å². The Morgan fingerprint density at radius 3 is 2.89 bits per heavy atom. The fourth-order valence-corrected chi connectivity index (χ4v) is 1.64. The lowest BCUT2D eigenvalue weighted by molar-refractivity contribution is 0.0698. The van der Waals surface area contributed by atoms with E-state index in [-0.39, 0.29) is 12.2 Å². The Bertz CT molecular complexity index is 568. The second-order valence-corrected chi connectivity index (χ2v) is 3.90. The number of benzene rings is 1. The topological polar surface area (TPSA) is 100 Å². The fourth-order valence-electron chi connectivity index (χ4n) is 1.64. The first-order valence-electron chi connectivity index (χ1n) is 5.77. The zero-order valence-corrected chi connectivity index (χ0v) is 10.2. The number of carboxylic acid groups (broad SMARTS) is 1. The summed E-state index contributed by atoms with van der Waals surface area (Å²) in [6.07, 6.45) is 1.70. The number of rotatable bonds is 6. The average Bonchev–Trinajstić information content (AvgIpc) is 2.85. The number of nitrogens with one attached hydrogen (secondary N) is 1. The zero-order chi connectivity index (χ0) is 13.7. The molecule has 0 fully saturated rings. The van der Waals surface area contributed by atoms with E-state index in [0.717, 1.165) is 0 Å². The molecular weight excluding hydrogens is 248 g/mol. The van der Waals surface area contributed by atoms with Crippen LogP contribution in [0.3, 0.4) is 0 Å². The summed E-state index contributed by atoms with van der Waals surface area (Å²) >= 11 is 0. The number of aliphatic hydroxyl groups excluding tert-OH is 1. The molecule has 100 valence electrons. The van der Waals surface area contributed by atoms with Crippen LogP contribution in [0.5, 0.6) is 0 Å². The van der Waals surface area contributed by atoms with Crippen LogP contribution < -0.4 is 5.32 Å². The Labute approximate surface area is 109 Å². The van der Waals surface area contributed by atoms with Crippen LogP contribution in [0.15, 0.2) is 30.5 Å². The van der Waals surface area contributed by atoms with Crippen LogP contribution in [0.1, 0.15) is 16.1 Å². The van der Waals surface area contributed by atoms with Gasteiger partial charge in [0.15, 0.2) is 0 Å². The van der Waals surface area contributed by atoms with Gasteiger partial charge in [0.2, 0.25) is 0 Å². The van der Waals surface area contributed by atoms with Crippen molar-refractivity contribution in [2.75, 3.05) is 11.9 Å². The molecule has 2 rings (SSSR count). The maximum Gasteiger partial charge on any atom is 0.337 e. The first-order chi connectivity index (χ1) is 9.20. The summed E-state index contributed by atoms with van der Waals surface area (Å²) in [5.74, 6) is -0.980. The Morgan fingerprint density at radius 2 is 2.16 bits per heavy atom. The number of aromatic carboxylic acids is 1. The number of hydrogen-bond acceptors (Lipinski definition) is 5. The lowest BCUT2D eigenvalue weighted by Crippen LogP contribution is -2.06. The SMILES string of the molecule is O=C(O)c1ccccc1NCc1cn(CCO)nn1. The number of aliphatic hydroxyl groups is 1. The standard InChI is InChI=1S/C12H14N4O3/c17-6-5-16-8-9(14-15-16)7-13-11-4-2-1-3-10(11)12(18)19/h1-4,8,13,17H,5-7H2,(H,18,19). The summed E-state index contributed by atoms with van der Waals surface area (Å²) in [5.41, 5.74) is 1.42. The van der Waals surface area contributed by atoms with Gasteiger partial charge in [0.25, 0.3) is 0 Å². The molecule has 0 radical (unpaired) electrons. The number of carbonyl (C=O) groups is 1. The summed E-state index contributed by atoms with van der Waals surface area (Å²) < 4.78 is 1.53. The van der Waals surface area contributed by atoms with Crippen LogP contribution in [0.4, 0.5) is 5.69 Å².